The van der Waals surface area contributed by atoms with Gasteiger partial charge in [-0.1, -0.05) is 66.7 Å². The minimum absolute atomic E-state index is 0.312. The number of nitriles is 1. The molecule has 1 fully saturated rings. The first-order valence-corrected chi connectivity index (χ1v) is 12.8. The fraction of sp³-hybridized carbons (Fsp3) is 0.200. The second-order valence-corrected chi connectivity index (χ2v) is 10.1. The van der Waals surface area contributed by atoms with Crippen molar-refractivity contribution in [1.29, 1.82) is 5.26 Å². The molecule has 0 aliphatic heterocycles. The highest BCUT2D eigenvalue weighted by atomic mass is 32.1. The van der Waals surface area contributed by atoms with Crippen LogP contribution in [-0.2, 0) is 14.9 Å². The van der Waals surface area contributed by atoms with Gasteiger partial charge in [-0.25, -0.2) is 4.79 Å². The first-order valence-electron chi connectivity index (χ1n) is 12.0. The van der Waals surface area contributed by atoms with Crippen LogP contribution in [0.5, 0.6) is 0 Å². The van der Waals surface area contributed by atoms with Crippen LogP contribution >= 0.6 is 11.5 Å². The molecule has 0 saturated heterocycles. The number of nitrogens with zero attached hydrogens (tertiary/aromatic N) is 2. The van der Waals surface area contributed by atoms with Crippen molar-refractivity contribution < 1.29 is 14.3 Å². The zero-order chi connectivity index (χ0) is 26.0. The lowest BCUT2D eigenvalue weighted by Crippen LogP contribution is -2.16. The van der Waals surface area contributed by atoms with Crippen molar-refractivity contribution in [2.45, 2.75) is 38.2 Å². The molecular formula is C30H25N3O3S. The molecule has 0 unspecified atom stereocenters. The van der Waals surface area contributed by atoms with E-state index in [4.69, 9.17) is 4.74 Å². The molecule has 1 aromatic heterocycles. The normalized spacial score (nSPS) is 14.3. The zero-order valence-corrected chi connectivity index (χ0v) is 21.3. The van der Waals surface area contributed by atoms with Gasteiger partial charge in [0.2, 0.25) is 0 Å². The summed E-state index contributed by atoms with van der Waals surface area (Å²) in [7, 11) is 0. The molecule has 6 nitrogen and oxygen atoms in total. The molecule has 4 aromatic rings. The number of carbonyl (C=O) groups is 2. The van der Waals surface area contributed by atoms with Crippen molar-refractivity contribution in [3.63, 3.8) is 0 Å². The van der Waals surface area contributed by atoms with Gasteiger partial charge in [-0.2, -0.15) is 9.64 Å². The predicted molar refractivity (Wildman–Crippen MR) is 144 cm³/mol. The van der Waals surface area contributed by atoms with Crippen LogP contribution in [0.4, 0.5) is 10.5 Å². The van der Waals surface area contributed by atoms with E-state index >= 15 is 0 Å². The van der Waals surface area contributed by atoms with E-state index in [1.807, 2.05) is 86.6 Å². The number of anilines is 1. The average Bonchev–Trinajstić information content (AvgIpc) is 3.66. The molecule has 37 heavy (non-hydrogen) atoms. The molecular weight excluding hydrogens is 482 g/mol. The van der Waals surface area contributed by atoms with Crippen LogP contribution in [0, 0.1) is 18.3 Å². The summed E-state index contributed by atoms with van der Waals surface area (Å²) in [6.45, 7) is 3.63. The lowest BCUT2D eigenvalue weighted by Gasteiger charge is -2.15. The highest BCUT2D eigenvalue weighted by Crippen LogP contribution is 2.46. The number of amides is 1. The van der Waals surface area contributed by atoms with E-state index in [2.05, 4.69) is 15.8 Å². The Morgan fingerprint density at radius 2 is 1.81 bits per heavy atom. The highest BCUT2D eigenvalue weighted by Gasteiger charge is 2.44. The fourth-order valence-corrected chi connectivity index (χ4v) is 5.29. The minimum Gasteiger partial charge on any atom is -0.441 e. The van der Waals surface area contributed by atoms with E-state index in [0.717, 1.165) is 41.4 Å². The Bertz CT molecular complexity index is 1500. The third-order valence-corrected chi connectivity index (χ3v) is 7.81. The Labute approximate surface area is 219 Å². The number of benzene rings is 3. The zero-order valence-electron chi connectivity index (χ0n) is 20.5. The number of rotatable bonds is 7. The van der Waals surface area contributed by atoms with Crippen molar-refractivity contribution in [2.75, 3.05) is 5.32 Å². The van der Waals surface area contributed by atoms with Gasteiger partial charge in [0.1, 0.15) is 12.4 Å². The average molecular weight is 508 g/mol. The van der Waals surface area contributed by atoms with E-state index in [0.29, 0.717) is 27.4 Å². The molecule has 7 heteroatoms. The smallest absolute Gasteiger partial charge is 0.412 e. The van der Waals surface area contributed by atoms with Crippen molar-refractivity contribution in [3.05, 3.63) is 95.2 Å². The second kappa shape index (κ2) is 10.00. The van der Waals surface area contributed by atoms with Gasteiger partial charge in [0.25, 0.3) is 0 Å². The van der Waals surface area contributed by atoms with Crippen LogP contribution in [0.25, 0.3) is 21.6 Å². The van der Waals surface area contributed by atoms with Crippen LogP contribution in [-0.4, -0.2) is 16.8 Å². The Hall–Kier alpha value is -4.28. The topological polar surface area (TPSA) is 92.1 Å². The maximum atomic E-state index is 12.7. The summed E-state index contributed by atoms with van der Waals surface area (Å²) in [4.78, 5) is 24.8. The molecule has 1 aliphatic carbocycles. The Morgan fingerprint density at radius 3 is 2.46 bits per heavy atom. The summed E-state index contributed by atoms with van der Waals surface area (Å²) < 4.78 is 9.99. The summed E-state index contributed by atoms with van der Waals surface area (Å²) in [5.41, 5.74) is 5.83. The van der Waals surface area contributed by atoms with Crippen LogP contribution in [0.1, 0.15) is 48.3 Å². The van der Waals surface area contributed by atoms with Gasteiger partial charge in [0, 0.05) is 5.56 Å². The summed E-state index contributed by atoms with van der Waals surface area (Å²) in [5, 5.41) is 12.8. The molecule has 3 aromatic carbocycles. The van der Waals surface area contributed by atoms with Crippen molar-refractivity contribution in [2.24, 2.45) is 0 Å². The molecule has 0 spiro atoms. The van der Waals surface area contributed by atoms with E-state index in [9.17, 15) is 14.9 Å². The number of aromatic nitrogens is 1. The van der Waals surface area contributed by atoms with Gasteiger partial charge in [0.05, 0.1) is 33.3 Å². The fourth-order valence-electron chi connectivity index (χ4n) is 4.40. The Balaban J connectivity index is 1.38. The molecule has 1 heterocycles. The summed E-state index contributed by atoms with van der Waals surface area (Å²) in [6, 6.07) is 25.4. The third-order valence-electron chi connectivity index (χ3n) is 6.83. The van der Waals surface area contributed by atoms with Gasteiger partial charge < -0.3 is 9.53 Å². The molecule has 1 aliphatic rings. The maximum Gasteiger partial charge on any atom is 0.412 e. The van der Waals surface area contributed by atoms with Crippen LogP contribution in [0.3, 0.4) is 0 Å². The molecule has 5 rings (SSSR count). The summed E-state index contributed by atoms with van der Waals surface area (Å²) in [6.07, 6.45) is 1.84. The van der Waals surface area contributed by atoms with Crippen molar-refractivity contribution in [3.8, 4) is 27.6 Å². The lowest BCUT2D eigenvalue weighted by atomic mass is 9.93. The SMILES string of the molecule is Cc1nsc(-c2ccc(-c3ccc(C4(C=O)CC4)cc3)cc2C#N)c1NC(=O)O[C@H](C)c1ccccc1. The monoisotopic (exact) mass is 507 g/mol. The van der Waals surface area contributed by atoms with Crippen LogP contribution in [0.2, 0.25) is 0 Å². The Kier molecular flexibility index (Phi) is 6.60. The molecule has 1 amide bonds. The third kappa shape index (κ3) is 4.89. The highest BCUT2D eigenvalue weighted by molar-refractivity contribution is 7.10. The molecule has 1 atom stereocenters. The van der Waals surface area contributed by atoms with E-state index in [-0.39, 0.29) is 5.41 Å². The molecule has 1 N–H and O–H groups in total. The van der Waals surface area contributed by atoms with E-state index < -0.39 is 12.2 Å². The van der Waals surface area contributed by atoms with Crippen molar-refractivity contribution >= 4 is 29.6 Å². The lowest BCUT2D eigenvalue weighted by molar-refractivity contribution is -0.109. The van der Waals surface area contributed by atoms with Crippen LogP contribution in [0.15, 0.2) is 72.8 Å². The molecule has 0 bridgehead atoms. The van der Waals surface area contributed by atoms with Crippen LogP contribution < -0.4 is 5.32 Å². The number of hydrogen-bond donors (Lipinski definition) is 1. The Morgan fingerprint density at radius 1 is 1.11 bits per heavy atom. The molecule has 0 radical (unpaired) electrons. The van der Waals surface area contributed by atoms with E-state index in [1.54, 1.807) is 0 Å². The van der Waals surface area contributed by atoms with Gasteiger partial charge in [-0.05, 0) is 66.5 Å². The first kappa shape index (κ1) is 24.4. The summed E-state index contributed by atoms with van der Waals surface area (Å²) in [5.74, 6) is 0. The summed E-state index contributed by atoms with van der Waals surface area (Å²) >= 11 is 1.23. The first-order chi connectivity index (χ1) is 17.9. The number of aryl methyl sites for hydroxylation is 1. The predicted octanol–water partition coefficient (Wildman–Crippen LogP) is 7.20. The number of aldehydes is 1. The minimum atomic E-state index is -0.583. The largest absolute Gasteiger partial charge is 0.441 e. The molecule has 1 saturated carbocycles. The van der Waals surface area contributed by atoms with Crippen molar-refractivity contribution in [1.82, 2.24) is 4.37 Å². The van der Waals surface area contributed by atoms with Gasteiger partial charge in [0.15, 0.2) is 0 Å². The standard InChI is InChI=1S/C30H25N3O3S/c1-19-27(32-29(35)36-20(2)21-6-4-3-5-7-21)28(37-33-19)26-13-10-23(16-24(26)17-31)22-8-11-25(12-9-22)30(18-34)14-15-30/h3-13,16,18,20H,14-15H2,1-2H3,(H,32,35)/t20-/m1/s1. The van der Waals surface area contributed by atoms with E-state index in [1.165, 1.54) is 11.5 Å². The van der Waals surface area contributed by atoms with Gasteiger partial charge >= 0.3 is 6.09 Å². The second-order valence-electron chi connectivity index (χ2n) is 9.28. The number of nitrogens with one attached hydrogen (secondary N) is 1. The number of hydrogen-bond acceptors (Lipinski definition) is 6. The quantitative estimate of drug-likeness (QED) is 0.267. The van der Waals surface area contributed by atoms with Gasteiger partial charge in [-0.15, -0.1) is 0 Å². The number of ether oxygens (including phenoxy) is 1. The molecule has 184 valence electrons. The maximum absolute atomic E-state index is 12.7. The van der Waals surface area contributed by atoms with Gasteiger partial charge in [-0.3, -0.25) is 5.32 Å². The number of carbonyl (C=O) groups excluding carboxylic acids is 2.